The number of nitrogens with zero attached hydrogens (tertiary/aromatic N) is 2. The van der Waals surface area contributed by atoms with Gasteiger partial charge in [-0.25, -0.2) is 10.4 Å². The highest BCUT2D eigenvalue weighted by Gasteiger charge is 2.50. The van der Waals surface area contributed by atoms with E-state index in [-0.39, 0.29) is 24.4 Å². The Hall–Kier alpha value is -3.03. The van der Waals surface area contributed by atoms with E-state index >= 15 is 0 Å². The molecule has 2 saturated heterocycles. The number of benzene rings is 2. The van der Waals surface area contributed by atoms with Crippen LogP contribution in [0.5, 0.6) is 5.75 Å². The number of fused-ring (bicyclic) bond motifs is 1. The van der Waals surface area contributed by atoms with Gasteiger partial charge in [-0.1, -0.05) is 42.5 Å². The number of amides is 1. The molecule has 0 spiro atoms. The van der Waals surface area contributed by atoms with Crippen LogP contribution < -0.4 is 10.2 Å². The van der Waals surface area contributed by atoms with E-state index in [2.05, 4.69) is 5.43 Å². The SMILES string of the molecule is COc1cccc(C(c2ccccc2)C2CN(C)C(=O)C3C(=O)C(=O)CNN32)c1. The molecule has 2 fully saturated rings. The maximum atomic E-state index is 12.7. The number of nitrogens with one attached hydrogen (secondary N) is 1. The van der Waals surface area contributed by atoms with E-state index in [1.165, 1.54) is 0 Å². The van der Waals surface area contributed by atoms with Gasteiger partial charge in [-0.05, 0) is 23.3 Å². The van der Waals surface area contributed by atoms with Crippen molar-refractivity contribution in [3.63, 3.8) is 0 Å². The van der Waals surface area contributed by atoms with Gasteiger partial charge in [-0.3, -0.25) is 14.4 Å². The highest BCUT2D eigenvalue weighted by molar-refractivity contribution is 6.44. The van der Waals surface area contributed by atoms with Crippen molar-refractivity contribution in [1.82, 2.24) is 15.3 Å². The van der Waals surface area contributed by atoms with Crippen LogP contribution in [0.2, 0.25) is 0 Å². The van der Waals surface area contributed by atoms with Crippen molar-refractivity contribution in [2.45, 2.75) is 18.0 Å². The monoisotopic (exact) mass is 393 g/mol. The highest BCUT2D eigenvalue weighted by Crippen LogP contribution is 2.35. The minimum absolute atomic E-state index is 0.0948. The molecular weight excluding hydrogens is 370 g/mol. The van der Waals surface area contributed by atoms with Crippen LogP contribution in [-0.4, -0.2) is 66.7 Å². The molecule has 7 nitrogen and oxygen atoms in total. The summed E-state index contributed by atoms with van der Waals surface area (Å²) in [5, 5.41) is 1.68. The van der Waals surface area contributed by atoms with Gasteiger partial charge in [0.1, 0.15) is 5.75 Å². The molecule has 0 aromatic heterocycles. The van der Waals surface area contributed by atoms with Gasteiger partial charge < -0.3 is 9.64 Å². The summed E-state index contributed by atoms with van der Waals surface area (Å²) in [6, 6.07) is 16.4. The Balaban J connectivity index is 1.82. The molecule has 0 aliphatic carbocycles. The van der Waals surface area contributed by atoms with Gasteiger partial charge in [-0.2, -0.15) is 0 Å². The Labute approximate surface area is 169 Å². The zero-order chi connectivity index (χ0) is 20.5. The first-order chi connectivity index (χ1) is 14.0. The normalized spacial score (nSPS) is 23.7. The minimum Gasteiger partial charge on any atom is -0.497 e. The molecule has 2 aliphatic heterocycles. The van der Waals surface area contributed by atoms with Gasteiger partial charge in [0.25, 0.3) is 0 Å². The van der Waals surface area contributed by atoms with E-state index in [0.29, 0.717) is 6.54 Å². The fraction of sp³-hybridized carbons (Fsp3) is 0.318. The Morgan fingerprint density at radius 1 is 1.03 bits per heavy atom. The predicted molar refractivity (Wildman–Crippen MR) is 106 cm³/mol. The molecule has 2 heterocycles. The van der Waals surface area contributed by atoms with Crippen molar-refractivity contribution in [2.24, 2.45) is 0 Å². The smallest absolute Gasteiger partial charge is 0.249 e. The average molecular weight is 393 g/mol. The minimum atomic E-state index is -1.13. The highest BCUT2D eigenvalue weighted by atomic mass is 16.5. The van der Waals surface area contributed by atoms with Gasteiger partial charge in [0.15, 0.2) is 6.04 Å². The Bertz CT molecular complexity index is 946. The lowest BCUT2D eigenvalue weighted by atomic mass is 9.82. The number of ether oxygens (including phenoxy) is 1. The van der Waals surface area contributed by atoms with Crippen LogP contribution in [0.25, 0.3) is 0 Å². The maximum Gasteiger partial charge on any atom is 0.249 e. The van der Waals surface area contributed by atoms with Crippen LogP contribution in [-0.2, 0) is 14.4 Å². The molecule has 1 N–H and O–H groups in total. The number of Topliss-reactive ketones (excluding diaryl/α,β-unsaturated/α-hetero) is 2. The summed E-state index contributed by atoms with van der Waals surface area (Å²) in [4.78, 5) is 38.8. The molecule has 3 atom stereocenters. The molecule has 2 aromatic rings. The van der Waals surface area contributed by atoms with Crippen LogP contribution in [0.4, 0.5) is 0 Å². The number of likely N-dealkylation sites (N-methyl/N-ethyl adjacent to an activating group) is 1. The van der Waals surface area contributed by atoms with Gasteiger partial charge in [0.2, 0.25) is 17.5 Å². The number of hydrogen-bond donors (Lipinski definition) is 1. The fourth-order valence-corrected chi connectivity index (χ4v) is 4.23. The Kier molecular flexibility index (Phi) is 5.17. The molecular formula is C22H23N3O4. The summed E-state index contributed by atoms with van der Waals surface area (Å²) in [6.07, 6.45) is 0. The molecule has 3 unspecified atom stereocenters. The van der Waals surface area contributed by atoms with Gasteiger partial charge in [0.05, 0.1) is 19.7 Å². The molecule has 2 aromatic carbocycles. The standard InChI is InChI=1S/C22H23N3O4/c1-24-13-17(25-20(22(24)28)21(27)18(26)12-23-25)19(14-7-4-3-5-8-14)15-9-6-10-16(11-15)29-2/h3-11,17,19-20,23H,12-13H2,1-2H3. The van der Waals surface area contributed by atoms with Gasteiger partial charge in [0, 0.05) is 19.5 Å². The second kappa shape index (κ2) is 7.77. The molecule has 4 rings (SSSR count). The van der Waals surface area contributed by atoms with Crippen molar-refractivity contribution in [3.05, 3.63) is 65.7 Å². The molecule has 0 bridgehead atoms. The summed E-state index contributed by atoms with van der Waals surface area (Å²) < 4.78 is 5.41. The third kappa shape index (κ3) is 3.43. The number of carbonyl (C=O) groups is 3. The predicted octanol–water partition coefficient (Wildman–Crippen LogP) is 0.995. The van der Waals surface area contributed by atoms with Crippen LogP contribution in [0.1, 0.15) is 17.0 Å². The zero-order valence-electron chi connectivity index (χ0n) is 16.4. The summed E-state index contributed by atoms with van der Waals surface area (Å²) in [6.45, 7) is 0.322. The molecule has 1 amide bonds. The van der Waals surface area contributed by atoms with Crippen LogP contribution in [0.15, 0.2) is 54.6 Å². The van der Waals surface area contributed by atoms with E-state index < -0.39 is 17.6 Å². The maximum absolute atomic E-state index is 12.7. The Morgan fingerprint density at radius 2 is 1.76 bits per heavy atom. The van der Waals surface area contributed by atoms with E-state index in [9.17, 15) is 14.4 Å². The van der Waals surface area contributed by atoms with Crippen LogP contribution in [0.3, 0.4) is 0 Å². The zero-order valence-corrected chi connectivity index (χ0v) is 16.4. The van der Waals surface area contributed by atoms with Crippen molar-refractivity contribution < 1.29 is 19.1 Å². The van der Waals surface area contributed by atoms with Crippen LogP contribution >= 0.6 is 0 Å². The van der Waals surface area contributed by atoms with E-state index in [0.717, 1.165) is 16.9 Å². The number of rotatable bonds is 4. The molecule has 0 radical (unpaired) electrons. The molecule has 29 heavy (non-hydrogen) atoms. The van der Waals surface area contributed by atoms with E-state index in [4.69, 9.17) is 4.74 Å². The second-order valence-electron chi connectivity index (χ2n) is 7.38. The molecule has 0 saturated carbocycles. The molecule has 2 aliphatic rings. The summed E-state index contributed by atoms with van der Waals surface area (Å²) >= 11 is 0. The van der Waals surface area contributed by atoms with Crippen molar-refractivity contribution in [2.75, 3.05) is 27.2 Å². The third-order valence-corrected chi connectivity index (χ3v) is 5.65. The van der Waals surface area contributed by atoms with Gasteiger partial charge in [-0.15, -0.1) is 0 Å². The van der Waals surface area contributed by atoms with Crippen molar-refractivity contribution in [3.8, 4) is 5.75 Å². The van der Waals surface area contributed by atoms with E-state index in [1.54, 1.807) is 24.1 Å². The average Bonchev–Trinajstić information content (AvgIpc) is 2.75. The lowest BCUT2D eigenvalue weighted by molar-refractivity contribution is -0.161. The Morgan fingerprint density at radius 3 is 2.48 bits per heavy atom. The van der Waals surface area contributed by atoms with Gasteiger partial charge >= 0.3 is 0 Å². The number of carbonyl (C=O) groups excluding carboxylic acids is 3. The van der Waals surface area contributed by atoms with E-state index in [1.807, 2.05) is 54.6 Å². The first kappa shape index (κ1) is 19.3. The molecule has 150 valence electrons. The quantitative estimate of drug-likeness (QED) is 0.617. The molecule has 7 heteroatoms. The number of hydrazine groups is 1. The first-order valence-electron chi connectivity index (χ1n) is 9.54. The number of methoxy groups -OCH3 is 1. The summed E-state index contributed by atoms with van der Waals surface area (Å²) in [7, 11) is 3.29. The van der Waals surface area contributed by atoms with Crippen molar-refractivity contribution in [1.29, 1.82) is 0 Å². The summed E-state index contributed by atoms with van der Waals surface area (Å²) in [5.41, 5.74) is 5.10. The van der Waals surface area contributed by atoms with Crippen molar-refractivity contribution >= 4 is 17.5 Å². The topological polar surface area (TPSA) is 78.9 Å². The first-order valence-corrected chi connectivity index (χ1v) is 9.54. The number of ketones is 2. The third-order valence-electron chi connectivity index (χ3n) is 5.65. The number of piperazine rings is 1. The second-order valence-corrected chi connectivity index (χ2v) is 7.38. The van der Waals surface area contributed by atoms with Crippen LogP contribution in [0, 0.1) is 0 Å². The lowest BCUT2D eigenvalue weighted by Crippen LogP contribution is -2.73. The largest absolute Gasteiger partial charge is 0.497 e. The lowest BCUT2D eigenvalue weighted by Gasteiger charge is -2.48. The number of hydrogen-bond acceptors (Lipinski definition) is 6. The fourth-order valence-electron chi connectivity index (χ4n) is 4.23. The summed E-state index contributed by atoms with van der Waals surface area (Å²) in [5.74, 6) is -0.978.